The van der Waals surface area contributed by atoms with E-state index in [0.29, 0.717) is 17.9 Å². The van der Waals surface area contributed by atoms with E-state index >= 15 is 0 Å². The number of aromatic nitrogens is 1. The third-order valence-electron chi connectivity index (χ3n) is 5.96. The molecule has 1 atom stereocenters. The second-order valence-electron chi connectivity index (χ2n) is 8.27. The van der Waals surface area contributed by atoms with Crippen LogP contribution < -0.4 is 4.74 Å². The molecule has 6 nitrogen and oxygen atoms in total. The fourth-order valence-electron chi connectivity index (χ4n) is 4.45. The quantitative estimate of drug-likeness (QED) is 0.335. The van der Waals surface area contributed by atoms with E-state index in [1.54, 1.807) is 13.0 Å². The Balaban J connectivity index is 1.44. The Morgan fingerprint density at radius 1 is 1.25 bits per heavy atom. The molecule has 0 spiro atoms. The number of nitrogens with zero attached hydrogens (tertiary/aromatic N) is 2. The number of rotatable bonds is 9. The predicted octanol–water partition coefficient (Wildman–Crippen LogP) is 5.24. The number of piperidine rings is 1. The van der Waals surface area contributed by atoms with Crippen molar-refractivity contribution in [1.82, 2.24) is 10.1 Å². The molecule has 3 aromatic rings. The molecule has 2 aromatic carbocycles. The first-order valence-electron chi connectivity index (χ1n) is 11.2. The molecular weight excluding hydrogens is 411 g/mol. The van der Waals surface area contributed by atoms with Gasteiger partial charge >= 0.3 is 0 Å². The maximum atomic E-state index is 13.5. The summed E-state index contributed by atoms with van der Waals surface area (Å²) in [5.74, 6) is 0.685. The summed E-state index contributed by atoms with van der Waals surface area (Å²) in [5.41, 5.74) is 2.27. The van der Waals surface area contributed by atoms with E-state index in [4.69, 9.17) is 14.0 Å². The van der Waals surface area contributed by atoms with Crippen molar-refractivity contribution in [1.29, 1.82) is 0 Å². The number of Topliss-reactive ketones (excluding diaryl/α,β-unsaturated/α-hetero) is 1. The zero-order valence-electron chi connectivity index (χ0n) is 18.6. The van der Waals surface area contributed by atoms with Gasteiger partial charge in [0.15, 0.2) is 18.2 Å². The lowest BCUT2D eigenvalue weighted by Gasteiger charge is -2.36. The standard InChI is InChI=1S/C25H29FN2O4/c1-3-13-30-16-31-21-6-4-5-19(14-21)25(17(2)29)28-11-9-18(10-12-28)24-22-8-7-20(26)15-23(22)32-27-24/h4-8,14-15,18,25H,3,9-13,16H2,1-2H3. The van der Waals surface area contributed by atoms with Crippen molar-refractivity contribution >= 4 is 16.8 Å². The third-order valence-corrected chi connectivity index (χ3v) is 5.96. The largest absolute Gasteiger partial charge is 0.468 e. The van der Waals surface area contributed by atoms with E-state index in [1.807, 2.05) is 31.2 Å². The van der Waals surface area contributed by atoms with Crippen LogP contribution in [0.15, 0.2) is 47.0 Å². The first-order valence-corrected chi connectivity index (χ1v) is 11.2. The molecule has 170 valence electrons. The Morgan fingerprint density at radius 2 is 2.06 bits per heavy atom. The van der Waals surface area contributed by atoms with Gasteiger partial charge in [-0.15, -0.1) is 0 Å². The Morgan fingerprint density at radius 3 is 2.81 bits per heavy atom. The van der Waals surface area contributed by atoms with Crippen LogP contribution in [0.2, 0.25) is 0 Å². The van der Waals surface area contributed by atoms with Crippen LogP contribution in [0.25, 0.3) is 11.0 Å². The van der Waals surface area contributed by atoms with Crippen molar-refractivity contribution in [2.24, 2.45) is 0 Å². The second-order valence-corrected chi connectivity index (χ2v) is 8.27. The van der Waals surface area contributed by atoms with Gasteiger partial charge in [-0.1, -0.05) is 24.2 Å². The van der Waals surface area contributed by atoms with Gasteiger partial charge in [0.05, 0.1) is 18.3 Å². The molecule has 4 rings (SSSR count). The lowest BCUT2D eigenvalue weighted by molar-refractivity contribution is -0.122. The number of likely N-dealkylation sites (tertiary alicyclic amines) is 1. The molecule has 2 heterocycles. The fourth-order valence-corrected chi connectivity index (χ4v) is 4.45. The Hall–Kier alpha value is -2.77. The number of hydrogen-bond donors (Lipinski definition) is 0. The number of ether oxygens (including phenoxy) is 2. The Kier molecular flexibility index (Phi) is 7.17. The van der Waals surface area contributed by atoms with Crippen molar-refractivity contribution in [2.45, 2.75) is 45.1 Å². The highest BCUT2D eigenvalue weighted by Crippen LogP contribution is 2.36. The minimum atomic E-state index is -0.331. The van der Waals surface area contributed by atoms with E-state index in [2.05, 4.69) is 10.1 Å². The summed E-state index contributed by atoms with van der Waals surface area (Å²) in [7, 11) is 0. The lowest BCUT2D eigenvalue weighted by atomic mass is 9.89. The normalized spacial score (nSPS) is 16.3. The molecule has 32 heavy (non-hydrogen) atoms. The zero-order chi connectivity index (χ0) is 22.5. The molecule has 1 unspecified atom stereocenters. The molecule has 0 aliphatic carbocycles. The van der Waals surface area contributed by atoms with E-state index in [9.17, 15) is 9.18 Å². The van der Waals surface area contributed by atoms with Gasteiger partial charge in [0.2, 0.25) is 0 Å². The van der Waals surface area contributed by atoms with E-state index in [-0.39, 0.29) is 30.4 Å². The molecule has 1 aromatic heterocycles. The summed E-state index contributed by atoms with van der Waals surface area (Å²) >= 11 is 0. The number of carbonyl (C=O) groups excluding carboxylic acids is 1. The van der Waals surface area contributed by atoms with Crippen LogP contribution in [0, 0.1) is 5.82 Å². The molecule has 1 aliphatic rings. The SMILES string of the molecule is CCCOCOc1cccc(C(C(C)=O)N2CCC(c3noc4cc(F)ccc34)CC2)c1. The van der Waals surface area contributed by atoms with Gasteiger partial charge in [-0.25, -0.2) is 4.39 Å². The maximum absolute atomic E-state index is 13.5. The van der Waals surface area contributed by atoms with E-state index in [1.165, 1.54) is 12.1 Å². The second kappa shape index (κ2) is 10.2. The summed E-state index contributed by atoms with van der Waals surface area (Å²) in [6.45, 7) is 6.05. The predicted molar refractivity (Wildman–Crippen MR) is 119 cm³/mol. The van der Waals surface area contributed by atoms with E-state index < -0.39 is 0 Å². The van der Waals surface area contributed by atoms with Crippen LogP contribution in [0.3, 0.4) is 0 Å². The molecule has 0 amide bonds. The molecule has 0 N–H and O–H groups in total. The summed E-state index contributed by atoms with van der Waals surface area (Å²) in [6, 6.07) is 11.9. The van der Waals surface area contributed by atoms with Gasteiger partial charge in [0.25, 0.3) is 0 Å². The van der Waals surface area contributed by atoms with Crippen LogP contribution in [-0.2, 0) is 9.53 Å². The zero-order valence-corrected chi connectivity index (χ0v) is 18.6. The Labute approximate surface area is 187 Å². The molecule has 1 aliphatic heterocycles. The number of halogens is 1. The van der Waals surface area contributed by atoms with Gasteiger partial charge in [-0.3, -0.25) is 9.69 Å². The van der Waals surface area contributed by atoms with Crippen LogP contribution in [0.5, 0.6) is 5.75 Å². The van der Waals surface area contributed by atoms with Gasteiger partial charge in [-0.05, 0) is 69.1 Å². The topological polar surface area (TPSA) is 64.8 Å². The molecule has 1 saturated heterocycles. The average Bonchev–Trinajstić information content (AvgIpc) is 3.20. The highest BCUT2D eigenvalue weighted by atomic mass is 19.1. The Bertz CT molecular complexity index is 1060. The number of hydrogen-bond acceptors (Lipinski definition) is 6. The smallest absolute Gasteiger partial charge is 0.189 e. The first-order chi connectivity index (χ1) is 15.6. The number of carbonyl (C=O) groups is 1. The first kappa shape index (κ1) is 22.4. The third kappa shape index (κ3) is 5.00. The minimum absolute atomic E-state index is 0.102. The number of ketones is 1. The molecular formula is C25H29FN2O4. The van der Waals surface area contributed by atoms with Gasteiger partial charge < -0.3 is 14.0 Å². The average molecular weight is 441 g/mol. The maximum Gasteiger partial charge on any atom is 0.189 e. The number of benzene rings is 2. The summed E-state index contributed by atoms with van der Waals surface area (Å²) in [5, 5.41) is 5.09. The van der Waals surface area contributed by atoms with Crippen molar-refractivity contribution in [3.05, 3.63) is 59.5 Å². The van der Waals surface area contributed by atoms with Gasteiger partial charge in [-0.2, -0.15) is 0 Å². The number of fused-ring (bicyclic) bond motifs is 1. The van der Waals surface area contributed by atoms with Crippen LogP contribution in [0.1, 0.15) is 56.3 Å². The molecule has 0 saturated carbocycles. The minimum Gasteiger partial charge on any atom is -0.468 e. The molecule has 1 fully saturated rings. The van der Waals surface area contributed by atoms with Crippen LogP contribution in [-0.4, -0.2) is 42.3 Å². The lowest BCUT2D eigenvalue weighted by Crippen LogP contribution is -2.39. The highest BCUT2D eigenvalue weighted by Gasteiger charge is 2.31. The van der Waals surface area contributed by atoms with Crippen LogP contribution in [0.4, 0.5) is 4.39 Å². The van der Waals surface area contributed by atoms with Crippen molar-refractivity contribution in [3.63, 3.8) is 0 Å². The van der Waals surface area contributed by atoms with Gasteiger partial charge in [0, 0.05) is 17.4 Å². The molecule has 0 bridgehead atoms. The van der Waals surface area contributed by atoms with Crippen molar-refractivity contribution < 1.29 is 23.2 Å². The van der Waals surface area contributed by atoms with Crippen molar-refractivity contribution in [2.75, 3.05) is 26.5 Å². The fraction of sp³-hybridized carbons (Fsp3) is 0.440. The molecule has 7 heteroatoms. The van der Waals surface area contributed by atoms with Gasteiger partial charge in [0.1, 0.15) is 11.6 Å². The summed E-state index contributed by atoms with van der Waals surface area (Å²) < 4.78 is 29.9. The monoisotopic (exact) mass is 440 g/mol. The summed E-state index contributed by atoms with van der Waals surface area (Å²) in [4.78, 5) is 14.8. The van der Waals surface area contributed by atoms with Crippen molar-refractivity contribution in [3.8, 4) is 5.75 Å². The molecule has 0 radical (unpaired) electrons. The van der Waals surface area contributed by atoms with Crippen LogP contribution >= 0.6 is 0 Å². The highest BCUT2D eigenvalue weighted by molar-refractivity contribution is 5.83. The summed E-state index contributed by atoms with van der Waals surface area (Å²) in [6.07, 6.45) is 2.64. The van der Waals surface area contributed by atoms with E-state index in [0.717, 1.165) is 49.0 Å².